The summed E-state index contributed by atoms with van der Waals surface area (Å²) in [6.45, 7) is 0. The molecule has 0 N–H and O–H groups in total. The fraction of sp³-hybridized carbons (Fsp3) is 0.250. The smallest absolute Gasteiger partial charge is 0.309 e. The van der Waals surface area contributed by atoms with E-state index in [0.717, 1.165) is 0 Å². The Bertz CT molecular complexity index is 1290. The van der Waals surface area contributed by atoms with Gasteiger partial charge in [-0.15, -0.1) is 0 Å². The van der Waals surface area contributed by atoms with Gasteiger partial charge in [0, 0.05) is 21.5 Å². The van der Waals surface area contributed by atoms with Crippen LogP contribution in [-0.4, -0.2) is 29.9 Å². The van der Waals surface area contributed by atoms with Gasteiger partial charge in [-0.3, -0.25) is 0 Å². The predicted octanol–water partition coefficient (Wildman–Crippen LogP) is 7.52. The van der Waals surface area contributed by atoms with Crippen molar-refractivity contribution >= 4 is 23.1 Å². The number of alkyl halides is 13. The highest BCUT2D eigenvalue weighted by atomic mass is 31.2. The molecule has 0 aliphatic carbocycles. The number of rotatable bonds is 8. The second-order valence-electron chi connectivity index (χ2n) is 8.20. The predicted molar refractivity (Wildman–Crippen MR) is 116 cm³/mol. The Labute approximate surface area is 211 Å². The number of benzene rings is 3. The molecule has 0 radical (unpaired) electrons. The zero-order chi connectivity index (χ0) is 29.7. The van der Waals surface area contributed by atoms with Crippen molar-refractivity contribution in [3.8, 4) is 0 Å². The van der Waals surface area contributed by atoms with Crippen molar-refractivity contribution in [1.29, 1.82) is 0 Å². The molecular formula is C24H14F13OP. The standard InChI is InChI=1S/C24H14F13OP/c25-19(26,20(27,28)21(29,30)22(31,32)23(33,34)24(35,36)37)15-11-13-18(14-12-15)39(38,16-7-3-1-4-8-16)17-9-5-2-6-10-17/h1-14H. The molecule has 0 aliphatic heterocycles. The van der Waals surface area contributed by atoms with Crippen molar-refractivity contribution < 1.29 is 61.6 Å². The van der Waals surface area contributed by atoms with E-state index in [2.05, 4.69) is 0 Å². The molecule has 39 heavy (non-hydrogen) atoms. The van der Waals surface area contributed by atoms with Crippen LogP contribution in [0.4, 0.5) is 57.1 Å². The molecule has 0 aliphatic rings. The Morgan fingerprint density at radius 1 is 0.410 bits per heavy atom. The summed E-state index contributed by atoms with van der Waals surface area (Å²) < 4.78 is 190. The molecule has 1 nitrogen and oxygen atoms in total. The van der Waals surface area contributed by atoms with Crippen LogP contribution in [0.5, 0.6) is 0 Å². The molecule has 15 heteroatoms. The molecule has 0 bridgehead atoms. The first-order valence-electron chi connectivity index (χ1n) is 10.5. The van der Waals surface area contributed by atoms with E-state index in [0.29, 0.717) is 12.1 Å². The van der Waals surface area contributed by atoms with Crippen LogP contribution in [0.2, 0.25) is 0 Å². The van der Waals surface area contributed by atoms with Crippen LogP contribution >= 0.6 is 7.14 Å². The first kappa shape index (κ1) is 30.5. The fourth-order valence-electron chi connectivity index (χ4n) is 3.55. The molecule has 3 aromatic carbocycles. The minimum absolute atomic E-state index is 0.0118. The average molecular weight is 596 g/mol. The third kappa shape index (κ3) is 4.50. The molecule has 0 heterocycles. The summed E-state index contributed by atoms with van der Waals surface area (Å²) >= 11 is 0. The van der Waals surface area contributed by atoms with Crippen LogP contribution in [0.1, 0.15) is 5.56 Å². The zero-order valence-corrected chi connectivity index (χ0v) is 19.7. The van der Waals surface area contributed by atoms with Gasteiger partial charge in [0.15, 0.2) is 7.14 Å². The highest BCUT2D eigenvalue weighted by molar-refractivity contribution is 7.85. The van der Waals surface area contributed by atoms with Crippen molar-refractivity contribution in [2.75, 3.05) is 0 Å². The van der Waals surface area contributed by atoms with Crippen LogP contribution in [0.15, 0.2) is 84.9 Å². The molecule has 0 spiro atoms. The van der Waals surface area contributed by atoms with Crippen molar-refractivity contribution in [1.82, 2.24) is 0 Å². The van der Waals surface area contributed by atoms with Gasteiger partial charge in [0.05, 0.1) is 0 Å². The summed E-state index contributed by atoms with van der Waals surface area (Å²) in [4.78, 5) is 0. The quantitative estimate of drug-likeness (QED) is 0.194. The minimum atomic E-state index is -7.98. The van der Waals surface area contributed by atoms with Crippen molar-refractivity contribution in [2.45, 2.75) is 35.8 Å². The summed E-state index contributed by atoms with van der Waals surface area (Å²) in [5.41, 5.74) is -2.14. The van der Waals surface area contributed by atoms with Gasteiger partial charge >= 0.3 is 35.8 Å². The minimum Gasteiger partial charge on any atom is -0.309 e. The van der Waals surface area contributed by atoms with Crippen LogP contribution < -0.4 is 15.9 Å². The van der Waals surface area contributed by atoms with Crippen LogP contribution in [0.25, 0.3) is 0 Å². The second-order valence-corrected chi connectivity index (χ2v) is 11.0. The second kappa shape index (κ2) is 9.57. The molecule has 0 atom stereocenters. The van der Waals surface area contributed by atoms with Crippen LogP contribution in [0.3, 0.4) is 0 Å². The molecule has 0 amide bonds. The number of hydrogen-bond acceptors (Lipinski definition) is 1. The Morgan fingerprint density at radius 2 is 0.744 bits per heavy atom. The molecule has 0 aromatic heterocycles. The van der Waals surface area contributed by atoms with Crippen molar-refractivity contribution in [3.05, 3.63) is 90.5 Å². The lowest BCUT2D eigenvalue weighted by Crippen LogP contribution is -2.69. The van der Waals surface area contributed by atoms with Gasteiger partial charge in [-0.2, -0.15) is 57.1 Å². The monoisotopic (exact) mass is 596 g/mol. The van der Waals surface area contributed by atoms with Crippen LogP contribution in [0, 0.1) is 0 Å². The lowest BCUT2D eigenvalue weighted by Gasteiger charge is -2.39. The zero-order valence-electron chi connectivity index (χ0n) is 18.9. The summed E-state index contributed by atoms with van der Waals surface area (Å²) in [6.07, 6.45) is -7.48. The van der Waals surface area contributed by atoms with E-state index in [1.165, 1.54) is 48.5 Å². The molecule has 212 valence electrons. The molecule has 0 fully saturated rings. The van der Waals surface area contributed by atoms with Gasteiger partial charge in [0.1, 0.15) is 0 Å². The molecule has 3 aromatic rings. The fourth-order valence-corrected chi connectivity index (χ4v) is 6.20. The molecule has 0 unspecified atom stereocenters. The van der Waals surface area contributed by atoms with Gasteiger partial charge < -0.3 is 4.57 Å². The third-order valence-electron chi connectivity index (χ3n) is 5.77. The highest BCUT2D eigenvalue weighted by Crippen LogP contribution is 2.62. The van der Waals surface area contributed by atoms with E-state index in [-0.39, 0.29) is 28.0 Å². The van der Waals surface area contributed by atoms with Crippen LogP contribution in [-0.2, 0) is 10.5 Å². The van der Waals surface area contributed by atoms with Crippen molar-refractivity contribution in [2.24, 2.45) is 0 Å². The van der Waals surface area contributed by atoms with Gasteiger partial charge in [-0.25, -0.2) is 0 Å². The lowest BCUT2D eigenvalue weighted by atomic mass is 9.90. The Hall–Kier alpha value is -3.02. The van der Waals surface area contributed by atoms with Crippen molar-refractivity contribution in [3.63, 3.8) is 0 Å². The first-order valence-corrected chi connectivity index (χ1v) is 12.2. The van der Waals surface area contributed by atoms with Gasteiger partial charge in [0.2, 0.25) is 0 Å². The number of hydrogen-bond donors (Lipinski definition) is 0. The lowest BCUT2D eigenvalue weighted by molar-refractivity contribution is -0.441. The van der Waals surface area contributed by atoms with Gasteiger partial charge in [-0.05, 0) is 0 Å². The van der Waals surface area contributed by atoms with E-state index >= 15 is 0 Å². The van der Waals surface area contributed by atoms with E-state index in [4.69, 9.17) is 0 Å². The Balaban J connectivity index is 2.11. The highest BCUT2D eigenvalue weighted by Gasteiger charge is 2.90. The maximum Gasteiger partial charge on any atom is 0.460 e. The van der Waals surface area contributed by atoms with E-state index < -0.39 is 48.5 Å². The maximum absolute atomic E-state index is 14.6. The van der Waals surface area contributed by atoms with E-state index in [9.17, 15) is 61.6 Å². The van der Waals surface area contributed by atoms with Gasteiger partial charge in [-0.1, -0.05) is 84.9 Å². The molecular weight excluding hydrogens is 582 g/mol. The average Bonchev–Trinajstić information content (AvgIpc) is 2.88. The summed E-state index contributed by atoms with van der Waals surface area (Å²) in [5.74, 6) is -37.5. The van der Waals surface area contributed by atoms with Gasteiger partial charge in [0.25, 0.3) is 0 Å². The molecule has 0 saturated carbocycles. The largest absolute Gasteiger partial charge is 0.460 e. The maximum atomic E-state index is 14.6. The topological polar surface area (TPSA) is 17.1 Å². The Morgan fingerprint density at radius 3 is 1.10 bits per heavy atom. The first-order chi connectivity index (χ1) is 17.7. The molecule has 3 rings (SSSR count). The normalized spacial score (nSPS) is 14.4. The number of halogens is 13. The molecule has 0 saturated heterocycles. The SMILES string of the molecule is O=P(c1ccccc1)(c1ccccc1)c1ccc(C(F)(F)C(F)(F)C(F)(F)C(F)(F)C(F)(F)C(F)(F)F)cc1. The van der Waals surface area contributed by atoms with E-state index in [1.54, 1.807) is 12.1 Å². The summed E-state index contributed by atoms with van der Waals surface area (Å²) in [5, 5.41) is -0.0494. The summed E-state index contributed by atoms with van der Waals surface area (Å²) in [6, 6.07) is 15.6. The Kier molecular flexibility index (Phi) is 7.49. The third-order valence-corrected chi connectivity index (χ3v) is 8.84. The summed E-state index contributed by atoms with van der Waals surface area (Å²) in [7, 11) is -3.91. The van der Waals surface area contributed by atoms with E-state index in [1.807, 2.05) is 0 Å².